The fraction of sp³-hybridized carbons (Fsp3) is 0.423. The number of rotatable bonds is 9. The molecule has 0 saturated carbocycles. The van der Waals surface area contributed by atoms with E-state index in [1.54, 1.807) is 4.57 Å². The van der Waals surface area contributed by atoms with E-state index in [1.807, 2.05) is 93.2 Å². The van der Waals surface area contributed by atoms with Crippen LogP contribution < -0.4 is 10.9 Å². The average Bonchev–Trinajstić information content (AvgIpc) is 2.80. The van der Waals surface area contributed by atoms with Crippen LogP contribution in [-0.2, 0) is 6.54 Å². The van der Waals surface area contributed by atoms with Gasteiger partial charge in [-0.15, -0.1) is 0 Å². The molecule has 1 heterocycles. The van der Waals surface area contributed by atoms with Crippen molar-refractivity contribution in [2.75, 3.05) is 32.5 Å². The van der Waals surface area contributed by atoms with Crippen LogP contribution in [0.1, 0.15) is 44.1 Å². The fourth-order valence-corrected chi connectivity index (χ4v) is 4.03. The first-order valence-electron chi connectivity index (χ1n) is 11.6. The molecule has 0 aliphatic heterocycles. The molecule has 0 aliphatic rings. The van der Waals surface area contributed by atoms with Crippen molar-refractivity contribution in [2.45, 2.75) is 46.2 Å². The lowest BCUT2D eigenvalue weighted by atomic mass is 10.1. The molecule has 1 unspecified atom stereocenters. The van der Waals surface area contributed by atoms with Gasteiger partial charge in [-0.25, -0.2) is 9.78 Å². The summed E-state index contributed by atoms with van der Waals surface area (Å²) < 4.78 is 1.75. The number of amides is 2. The molecule has 1 N–H and O–H groups in total. The zero-order chi connectivity index (χ0) is 24.0. The molecule has 3 rings (SSSR count). The number of hydrogen-bond donors (Lipinski definition) is 1. The highest BCUT2D eigenvalue weighted by Crippen LogP contribution is 2.25. The lowest BCUT2D eigenvalue weighted by Crippen LogP contribution is -2.44. The molecule has 0 bridgehead atoms. The predicted molar refractivity (Wildman–Crippen MR) is 135 cm³/mol. The average molecular weight is 450 g/mol. The molecule has 0 aliphatic carbocycles. The van der Waals surface area contributed by atoms with Crippen molar-refractivity contribution < 1.29 is 4.79 Å². The fourth-order valence-electron chi connectivity index (χ4n) is 4.03. The van der Waals surface area contributed by atoms with Crippen LogP contribution in [0.25, 0.3) is 10.9 Å². The van der Waals surface area contributed by atoms with Gasteiger partial charge in [0.05, 0.1) is 16.9 Å². The highest BCUT2D eigenvalue weighted by atomic mass is 16.2. The van der Waals surface area contributed by atoms with Gasteiger partial charge in [0.15, 0.2) is 0 Å². The number of aromatic nitrogens is 2. The van der Waals surface area contributed by atoms with Gasteiger partial charge in [0.1, 0.15) is 5.82 Å². The number of benzene rings is 2. The molecule has 7 nitrogen and oxygen atoms in total. The maximum Gasteiger partial charge on any atom is 0.322 e. The maximum atomic E-state index is 13.5. The zero-order valence-electron chi connectivity index (χ0n) is 20.3. The van der Waals surface area contributed by atoms with Crippen molar-refractivity contribution in [1.29, 1.82) is 0 Å². The minimum absolute atomic E-state index is 0.0530. The van der Waals surface area contributed by atoms with Crippen LogP contribution >= 0.6 is 0 Å². The van der Waals surface area contributed by atoms with Crippen molar-refractivity contribution in [2.24, 2.45) is 0 Å². The number of urea groups is 1. The molecule has 0 radical (unpaired) electrons. The van der Waals surface area contributed by atoms with Crippen LogP contribution in [0.3, 0.4) is 0 Å². The van der Waals surface area contributed by atoms with Crippen LogP contribution in [0.15, 0.2) is 53.3 Å². The Kier molecular flexibility index (Phi) is 8.22. The molecule has 7 heteroatoms. The summed E-state index contributed by atoms with van der Waals surface area (Å²) >= 11 is 0. The second-order valence-electron chi connectivity index (χ2n) is 8.61. The monoisotopic (exact) mass is 449 g/mol. The van der Waals surface area contributed by atoms with E-state index in [4.69, 9.17) is 4.98 Å². The van der Waals surface area contributed by atoms with E-state index in [1.165, 1.54) is 0 Å². The number of nitrogens with zero attached hydrogens (tertiary/aromatic N) is 4. The van der Waals surface area contributed by atoms with Gasteiger partial charge in [-0.1, -0.05) is 44.2 Å². The maximum absolute atomic E-state index is 13.5. The molecule has 0 fully saturated rings. The number of anilines is 1. The molecule has 176 valence electrons. The third-order valence-electron chi connectivity index (χ3n) is 5.83. The third-order valence-corrected chi connectivity index (χ3v) is 5.83. The molecular formula is C26H35N5O2. The van der Waals surface area contributed by atoms with Crippen molar-refractivity contribution in [1.82, 2.24) is 19.4 Å². The summed E-state index contributed by atoms with van der Waals surface area (Å²) in [5.41, 5.74) is 2.39. The highest BCUT2D eigenvalue weighted by molar-refractivity contribution is 5.90. The molecule has 0 spiro atoms. The van der Waals surface area contributed by atoms with E-state index in [2.05, 4.69) is 5.32 Å². The summed E-state index contributed by atoms with van der Waals surface area (Å²) in [5, 5.41) is 3.68. The Balaban J connectivity index is 2.09. The number of likely N-dealkylation sites (N-methyl/N-ethyl adjacent to an activating group) is 1. The first kappa shape index (κ1) is 24.5. The molecule has 33 heavy (non-hydrogen) atoms. The van der Waals surface area contributed by atoms with E-state index >= 15 is 0 Å². The lowest BCUT2D eigenvalue weighted by Gasteiger charge is -2.33. The molecular weight excluding hydrogens is 414 g/mol. The van der Waals surface area contributed by atoms with Gasteiger partial charge in [-0.3, -0.25) is 9.36 Å². The van der Waals surface area contributed by atoms with Crippen molar-refractivity contribution in [3.63, 3.8) is 0 Å². The minimum Gasteiger partial charge on any atom is -0.313 e. The summed E-state index contributed by atoms with van der Waals surface area (Å²) in [7, 11) is 3.97. The van der Waals surface area contributed by atoms with Gasteiger partial charge in [-0.2, -0.15) is 0 Å². The van der Waals surface area contributed by atoms with E-state index in [0.717, 1.165) is 17.7 Å². The molecule has 2 aromatic carbocycles. The second kappa shape index (κ2) is 11.1. The summed E-state index contributed by atoms with van der Waals surface area (Å²) in [6.07, 6.45) is 1.44. The largest absolute Gasteiger partial charge is 0.322 e. The van der Waals surface area contributed by atoms with Crippen molar-refractivity contribution in [3.05, 3.63) is 70.3 Å². The summed E-state index contributed by atoms with van der Waals surface area (Å²) in [5.74, 6) is 0.640. The topological polar surface area (TPSA) is 70.5 Å². The van der Waals surface area contributed by atoms with Crippen molar-refractivity contribution in [3.8, 4) is 0 Å². The van der Waals surface area contributed by atoms with Crippen molar-refractivity contribution >= 4 is 22.6 Å². The standard InChI is InChI=1S/C26H35N5O2/c1-6-16-31-24(27-22-15-11-9-13-20(22)25(31)32)23(7-2)30(18-17-29(4)5)26(33)28-21-14-10-8-12-19(21)3/h8-15,23H,6-7,16-18H2,1-5H3,(H,28,33). The number of carbonyl (C=O) groups excluding carboxylic acids is 1. The summed E-state index contributed by atoms with van der Waals surface area (Å²) in [4.78, 5) is 35.7. The molecule has 1 atom stereocenters. The molecule has 1 aromatic heterocycles. The van der Waals surface area contributed by atoms with Gasteiger partial charge >= 0.3 is 6.03 Å². The van der Waals surface area contributed by atoms with Gasteiger partial charge in [-0.05, 0) is 57.6 Å². The van der Waals surface area contributed by atoms with E-state index in [9.17, 15) is 9.59 Å². The number of carbonyl (C=O) groups is 1. The number of para-hydroxylation sites is 2. The van der Waals surface area contributed by atoms with Crippen LogP contribution in [-0.4, -0.2) is 52.6 Å². The van der Waals surface area contributed by atoms with E-state index in [0.29, 0.717) is 42.8 Å². The predicted octanol–water partition coefficient (Wildman–Crippen LogP) is 4.66. The summed E-state index contributed by atoms with van der Waals surface area (Å²) in [6, 6.07) is 14.6. The third kappa shape index (κ3) is 5.60. The molecule has 0 saturated heterocycles. The number of fused-ring (bicyclic) bond motifs is 1. The number of aryl methyl sites for hydroxylation is 1. The Morgan fingerprint density at radius 2 is 1.76 bits per heavy atom. The van der Waals surface area contributed by atoms with Crippen LogP contribution in [0.2, 0.25) is 0 Å². The summed E-state index contributed by atoms with van der Waals surface area (Å²) in [6.45, 7) is 7.82. The molecule has 2 amide bonds. The lowest BCUT2D eigenvalue weighted by molar-refractivity contribution is 0.171. The quantitative estimate of drug-likeness (QED) is 0.516. The Hall–Kier alpha value is -3.19. The molecule has 3 aromatic rings. The highest BCUT2D eigenvalue weighted by Gasteiger charge is 2.28. The van der Waals surface area contributed by atoms with Crippen LogP contribution in [0.4, 0.5) is 10.5 Å². The van der Waals surface area contributed by atoms with Gasteiger partial charge in [0.25, 0.3) is 5.56 Å². The smallest absolute Gasteiger partial charge is 0.313 e. The Morgan fingerprint density at radius 3 is 2.42 bits per heavy atom. The Labute approximate surface area is 196 Å². The SMILES string of the molecule is CCCn1c(C(CC)N(CCN(C)C)C(=O)Nc2ccccc2C)nc2ccccc2c1=O. The van der Waals surface area contributed by atoms with Gasteiger partial charge < -0.3 is 15.1 Å². The van der Waals surface area contributed by atoms with E-state index < -0.39 is 0 Å². The minimum atomic E-state index is -0.335. The van der Waals surface area contributed by atoms with E-state index in [-0.39, 0.29) is 17.6 Å². The first-order chi connectivity index (χ1) is 15.9. The number of nitrogens with one attached hydrogen (secondary N) is 1. The Bertz CT molecular complexity index is 1150. The number of hydrogen-bond acceptors (Lipinski definition) is 4. The normalized spacial score (nSPS) is 12.2. The van der Waals surface area contributed by atoms with Crippen LogP contribution in [0, 0.1) is 6.92 Å². The van der Waals surface area contributed by atoms with Gasteiger partial charge in [0, 0.05) is 25.3 Å². The van der Waals surface area contributed by atoms with Gasteiger partial charge in [0.2, 0.25) is 0 Å². The van der Waals surface area contributed by atoms with Crippen LogP contribution in [0.5, 0.6) is 0 Å². The first-order valence-corrected chi connectivity index (χ1v) is 11.6. The second-order valence-corrected chi connectivity index (χ2v) is 8.61. The zero-order valence-corrected chi connectivity index (χ0v) is 20.3. The Morgan fingerprint density at radius 1 is 1.06 bits per heavy atom.